The Labute approximate surface area is 141 Å². The lowest BCUT2D eigenvalue weighted by molar-refractivity contribution is -0.142. The summed E-state index contributed by atoms with van der Waals surface area (Å²) < 4.78 is 0. The fourth-order valence-corrected chi connectivity index (χ4v) is 4.63. The summed E-state index contributed by atoms with van der Waals surface area (Å²) in [5.41, 5.74) is 2.83. The molecule has 0 aliphatic heterocycles. The molecule has 0 bridgehead atoms. The van der Waals surface area contributed by atoms with Gasteiger partial charge in [0.05, 0.1) is 5.92 Å². The monoisotopic (exact) mass is 328 g/mol. The summed E-state index contributed by atoms with van der Waals surface area (Å²) in [7, 11) is 0. The summed E-state index contributed by atoms with van der Waals surface area (Å²) in [6, 6.07) is 8.83. The highest BCUT2D eigenvalue weighted by atomic mass is 16.4. The van der Waals surface area contributed by atoms with Gasteiger partial charge in [0.1, 0.15) is 0 Å². The van der Waals surface area contributed by atoms with E-state index in [1.54, 1.807) is 0 Å². The van der Waals surface area contributed by atoms with Crippen molar-refractivity contribution in [3.8, 4) is 0 Å². The predicted molar refractivity (Wildman–Crippen MR) is 89.8 cm³/mol. The highest BCUT2D eigenvalue weighted by molar-refractivity contribution is 5.75. The number of carbonyl (C=O) groups excluding carboxylic acids is 1. The molecule has 3 N–H and O–H groups in total. The maximum atomic E-state index is 12.3. The van der Waals surface area contributed by atoms with Crippen molar-refractivity contribution in [1.82, 2.24) is 10.6 Å². The first kappa shape index (κ1) is 15.5. The molecule has 4 rings (SSSR count). The van der Waals surface area contributed by atoms with Gasteiger partial charge in [-0.05, 0) is 55.6 Å². The molecule has 1 aromatic rings. The SMILES string of the molecule is O=C(NC1CCC(C(=O)O)CC1)NC1C2CCc3ccccc3C21. The van der Waals surface area contributed by atoms with Crippen LogP contribution in [-0.2, 0) is 11.2 Å². The van der Waals surface area contributed by atoms with Gasteiger partial charge in [-0.2, -0.15) is 0 Å². The lowest BCUT2D eigenvalue weighted by atomic mass is 9.86. The number of carboxylic acid groups (broad SMARTS) is 1. The normalized spacial score (nSPS) is 33.8. The number of hydrogen-bond acceptors (Lipinski definition) is 2. The molecule has 5 heteroatoms. The van der Waals surface area contributed by atoms with Crippen LogP contribution in [0.5, 0.6) is 0 Å². The van der Waals surface area contributed by atoms with Crippen molar-refractivity contribution in [2.45, 2.75) is 56.5 Å². The second kappa shape index (κ2) is 6.11. The minimum Gasteiger partial charge on any atom is -0.481 e. The molecule has 24 heavy (non-hydrogen) atoms. The second-order valence-electron chi connectivity index (χ2n) is 7.46. The first-order valence-electron chi connectivity index (χ1n) is 9.01. The Balaban J connectivity index is 1.29. The van der Waals surface area contributed by atoms with E-state index in [9.17, 15) is 9.59 Å². The molecule has 0 saturated heterocycles. The zero-order chi connectivity index (χ0) is 16.7. The number of urea groups is 1. The zero-order valence-corrected chi connectivity index (χ0v) is 13.7. The van der Waals surface area contributed by atoms with Crippen molar-refractivity contribution < 1.29 is 14.7 Å². The first-order chi connectivity index (χ1) is 11.6. The maximum absolute atomic E-state index is 12.3. The minimum absolute atomic E-state index is 0.0920. The van der Waals surface area contributed by atoms with Crippen LogP contribution in [0.4, 0.5) is 4.79 Å². The van der Waals surface area contributed by atoms with E-state index in [-0.39, 0.29) is 24.0 Å². The Bertz CT molecular complexity index is 652. The van der Waals surface area contributed by atoms with Crippen molar-refractivity contribution in [1.29, 1.82) is 0 Å². The van der Waals surface area contributed by atoms with E-state index < -0.39 is 5.97 Å². The van der Waals surface area contributed by atoms with Gasteiger partial charge in [0.15, 0.2) is 0 Å². The van der Waals surface area contributed by atoms with Gasteiger partial charge in [-0.15, -0.1) is 0 Å². The summed E-state index contributed by atoms with van der Waals surface area (Å²) in [4.78, 5) is 23.3. The van der Waals surface area contributed by atoms with Gasteiger partial charge < -0.3 is 15.7 Å². The van der Waals surface area contributed by atoms with Crippen LogP contribution in [0.15, 0.2) is 24.3 Å². The summed E-state index contributed by atoms with van der Waals surface area (Å²) in [5, 5.41) is 15.2. The third-order valence-electron chi connectivity index (χ3n) is 6.04. The van der Waals surface area contributed by atoms with Crippen molar-refractivity contribution in [3.63, 3.8) is 0 Å². The molecule has 0 aromatic heterocycles. The average Bonchev–Trinajstić information content (AvgIpc) is 3.28. The van der Waals surface area contributed by atoms with Crippen LogP contribution in [0.25, 0.3) is 0 Å². The van der Waals surface area contributed by atoms with E-state index in [0.717, 1.165) is 25.7 Å². The first-order valence-corrected chi connectivity index (χ1v) is 9.01. The van der Waals surface area contributed by atoms with E-state index in [2.05, 4.69) is 34.9 Å². The molecule has 5 nitrogen and oxygen atoms in total. The molecule has 3 unspecified atom stereocenters. The van der Waals surface area contributed by atoms with Crippen LogP contribution in [0.1, 0.15) is 49.1 Å². The molecule has 3 aliphatic rings. The fourth-order valence-electron chi connectivity index (χ4n) is 4.63. The predicted octanol–water partition coefficient (Wildman–Crippen LogP) is 2.66. The summed E-state index contributed by atoms with van der Waals surface area (Å²) in [5.74, 6) is 0.101. The van der Waals surface area contributed by atoms with Gasteiger partial charge in [0.2, 0.25) is 0 Å². The Morgan fingerprint density at radius 3 is 2.50 bits per heavy atom. The molecule has 2 amide bonds. The summed E-state index contributed by atoms with van der Waals surface area (Å²) in [6.07, 6.45) is 5.08. The number of fused-ring (bicyclic) bond motifs is 3. The molecule has 2 fully saturated rings. The van der Waals surface area contributed by atoms with Crippen LogP contribution >= 0.6 is 0 Å². The number of benzene rings is 1. The molecule has 3 aliphatic carbocycles. The Hall–Kier alpha value is -2.04. The van der Waals surface area contributed by atoms with Crippen molar-refractivity contribution in [2.24, 2.45) is 11.8 Å². The number of nitrogens with one attached hydrogen (secondary N) is 2. The molecular weight excluding hydrogens is 304 g/mol. The van der Waals surface area contributed by atoms with E-state index in [4.69, 9.17) is 5.11 Å². The number of aryl methyl sites for hydroxylation is 1. The summed E-state index contributed by atoms with van der Waals surface area (Å²) >= 11 is 0. The average molecular weight is 328 g/mol. The molecule has 0 heterocycles. The Morgan fingerprint density at radius 1 is 1.00 bits per heavy atom. The highest BCUT2D eigenvalue weighted by Crippen LogP contribution is 2.54. The highest BCUT2D eigenvalue weighted by Gasteiger charge is 2.53. The van der Waals surface area contributed by atoms with Crippen molar-refractivity contribution in [3.05, 3.63) is 35.4 Å². The van der Waals surface area contributed by atoms with Gasteiger partial charge in [-0.1, -0.05) is 24.3 Å². The zero-order valence-electron chi connectivity index (χ0n) is 13.7. The van der Waals surface area contributed by atoms with Crippen molar-refractivity contribution >= 4 is 12.0 Å². The standard InChI is InChI=1S/C19H24N2O3/c22-18(23)12-5-8-13(9-6-12)20-19(24)21-17-15-10-7-11-3-1-2-4-14(11)16(15)17/h1-4,12-13,15-17H,5-10H2,(H,22,23)(H2,20,21,24). The molecule has 1 aromatic carbocycles. The Kier molecular flexibility index (Phi) is 3.94. The molecular formula is C19H24N2O3. The quantitative estimate of drug-likeness (QED) is 0.798. The lowest BCUT2D eigenvalue weighted by Crippen LogP contribution is -2.45. The number of amides is 2. The van der Waals surface area contributed by atoms with Crippen LogP contribution in [0.3, 0.4) is 0 Å². The van der Waals surface area contributed by atoms with Crippen LogP contribution in [-0.4, -0.2) is 29.2 Å². The van der Waals surface area contributed by atoms with Crippen LogP contribution in [0, 0.1) is 11.8 Å². The maximum Gasteiger partial charge on any atom is 0.315 e. The van der Waals surface area contributed by atoms with E-state index >= 15 is 0 Å². The molecule has 2 saturated carbocycles. The van der Waals surface area contributed by atoms with Gasteiger partial charge in [0.25, 0.3) is 0 Å². The van der Waals surface area contributed by atoms with Gasteiger partial charge in [-0.3, -0.25) is 4.79 Å². The summed E-state index contributed by atoms with van der Waals surface area (Å²) in [6.45, 7) is 0. The number of rotatable bonds is 3. The molecule has 128 valence electrons. The number of carbonyl (C=O) groups is 2. The minimum atomic E-state index is -0.710. The number of hydrogen-bond donors (Lipinski definition) is 3. The van der Waals surface area contributed by atoms with Crippen molar-refractivity contribution in [2.75, 3.05) is 0 Å². The van der Waals surface area contributed by atoms with Gasteiger partial charge in [-0.25, -0.2) is 4.79 Å². The number of carboxylic acids is 1. The van der Waals surface area contributed by atoms with Gasteiger partial charge in [0, 0.05) is 18.0 Å². The lowest BCUT2D eigenvalue weighted by Gasteiger charge is -2.26. The molecule has 0 radical (unpaired) electrons. The van der Waals surface area contributed by atoms with Crippen LogP contribution < -0.4 is 10.6 Å². The number of aliphatic carboxylic acids is 1. The third kappa shape index (κ3) is 2.87. The van der Waals surface area contributed by atoms with Gasteiger partial charge >= 0.3 is 12.0 Å². The molecule has 3 atom stereocenters. The van der Waals surface area contributed by atoms with Crippen LogP contribution in [0.2, 0.25) is 0 Å². The van der Waals surface area contributed by atoms with E-state index in [0.29, 0.717) is 24.7 Å². The Morgan fingerprint density at radius 2 is 1.75 bits per heavy atom. The van der Waals surface area contributed by atoms with E-state index in [1.807, 2.05) is 0 Å². The third-order valence-corrected chi connectivity index (χ3v) is 6.04. The fraction of sp³-hybridized carbons (Fsp3) is 0.579. The topological polar surface area (TPSA) is 78.4 Å². The molecule has 0 spiro atoms. The smallest absolute Gasteiger partial charge is 0.315 e. The second-order valence-corrected chi connectivity index (χ2v) is 7.46. The van der Waals surface area contributed by atoms with E-state index in [1.165, 1.54) is 11.1 Å². The largest absolute Gasteiger partial charge is 0.481 e.